The molecule has 24 heavy (non-hydrogen) atoms. The van der Waals surface area contributed by atoms with Gasteiger partial charge in [-0.1, -0.05) is 55.8 Å². The van der Waals surface area contributed by atoms with E-state index in [1.807, 2.05) is 26.0 Å². The van der Waals surface area contributed by atoms with E-state index in [2.05, 4.69) is 43.3 Å². The first kappa shape index (κ1) is 18.5. The van der Waals surface area contributed by atoms with Gasteiger partial charge in [-0.05, 0) is 31.0 Å². The molecule has 0 atom stereocenters. The summed E-state index contributed by atoms with van der Waals surface area (Å²) in [4.78, 5) is 0. The lowest BCUT2D eigenvalue weighted by Crippen LogP contribution is -2.19. The van der Waals surface area contributed by atoms with Crippen LogP contribution in [0, 0.1) is 6.92 Å². The zero-order valence-electron chi connectivity index (χ0n) is 15.0. The fourth-order valence-electron chi connectivity index (χ4n) is 2.57. The molecule has 0 unspecified atom stereocenters. The summed E-state index contributed by atoms with van der Waals surface area (Å²) in [5.41, 5.74) is 3.46. The molecule has 1 heterocycles. The van der Waals surface area contributed by atoms with Crippen LogP contribution in [-0.2, 0) is 15.9 Å². The molecule has 0 aromatic heterocycles. The molecule has 0 radical (unpaired) electrons. The first-order valence-electron chi connectivity index (χ1n) is 8.83. The van der Waals surface area contributed by atoms with Crippen molar-refractivity contribution in [1.29, 1.82) is 0 Å². The van der Waals surface area contributed by atoms with Gasteiger partial charge in [-0.25, -0.2) is 0 Å². The SMILES string of the molecule is CC.Cc1ccc(OCCc2ccccc2)c(C2OCCCO2)c1. The third kappa shape index (κ3) is 5.36. The summed E-state index contributed by atoms with van der Waals surface area (Å²) in [7, 11) is 0. The highest BCUT2D eigenvalue weighted by Crippen LogP contribution is 2.31. The molecule has 3 nitrogen and oxygen atoms in total. The number of hydrogen-bond acceptors (Lipinski definition) is 3. The number of rotatable bonds is 5. The van der Waals surface area contributed by atoms with Crippen molar-refractivity contribution in [2.75, 3.05) is 19.8 Å². The van der Waals surface area contributed by atoms with Crippen molar-refractivity contribution in [2.24, 2.45) is 0 Å². The number of ether oxygens (including phenoxy) is 3. The molecule has 1 saturated heterocycles. The minimum Gasteiger partial charge on any atom is -0.493 e. The Balaban J connectivity index is 0.00000100. The van der Waals surface area contributed by atoms with Crippen LogP contribution in [0.3, 0.4) is 0 Å². The molecule has 2 aromatic rings. The highest BCUT2D eigenvalue weighted by Gasteiger charge is 2.20. The molecular formula is C21H28O3. The fourth-order valence-corrected chi connectivity index (χ4v) is 2.57. The predicted octanol–water partition coefficient (Wildman–Crippen LogP) is 5.08. The van der Waals surface area contributed by atoms with E-state index in [9.17, 15) is 0 Å². The Hall–Kier alpha value is -1.84. The normalized spacial score (nSPS) is 14.6. The summed E-state index contributed by atoms with van der Waals surface area (Å²) in [6, 6.07) is 16.5. The molecule has 0 spiro atoms. The maximum absolute atomic E-state index is 5.99. The Morgan fingerprint density at radius 3 is 2.42 bits per heavy atom. The van der Waals surface area contributed by atoms with E-state index >= 15 is 0 Å². The van der Waals surface area contributed by atoms with Crippen molar-refractivity contribution < 1.29 is 14.2 Å². The molecular weight excluding hydrogens is 300 g/mol. The lowest BCUT2D eigenvalue weighted by molar-refractivity contribution is -0.183. The number of hydrogen-bond donors (Lipinski definition) is 0. The van der Waals surface area contributed by atoms with Crippen LogP contribution in [-0.4, -0.2) is 19.8 Å². The van der Waals surface area contributed by atoms with E-state index in [1.54, 1.807) is 0 Å². The molecule has 1 fully saturated rings. The Labute approximate surface area is 145 Å². The topological polar surface area (TPSA) is 27.7 Å². The van der Waals surface area contributed by atoms with Crippen molar-refractivity contribution >= 4 is 0 Å². The summed E-state index contributed by atoms with van der Waals surface area (Å²) < 4.78 is 17.4. The van der Waals surface area contributed by atoms with Crippen molar-refractivity contribution in [3.63, 3.8) is 0 Å². The largest absolute Gasteiger partial charge is 0.493 e. The molecule has 1 aliphatic rings. The molecule has 1 aliphatic heterocycles. The van der Waals surface area contributed by atoms with Gasteiger partial charge in [0.1, 0.15) is 5.75 Å². The van der Waals surface area contributed by atoms with Gasteiger partial charge in [-0.2, -0.15) is 0 Å². The van der Waals surface area contributed by atoms with Crippen molar-refractivity contribution in [2.45, 2.75) is 39.9 Å². The van der Waals surface area contributed by atoms with Gasteiger partial charge >= 0.3 is 0 Å². The van der Waals surface area contributed by atoms with E-state index in [0.29, 0.717) is 6.61 Å². The molecule has 130 valence electrons. The maximum Gasteiger partial charge on any atom is 0.187 e. The van der Waals surface area contributed by atoms with Gasteiger partial charge in [0.2, 0.25) is 0 Å². The van der Waals surface area contributed by atoms with Gasteiger partial charge in [0.25, 0.3) is 0 Å². The summed E-state index contributed by atoms with van der Waals surface area (Å²) in [6.07, 6.45) is 1.54. The van der Waals surface area contributed by atoms with Gasteiger partial charge in [0.15, 0.2) is 6.29 Å². The Morgan fingerprint density at radius 1 is 1.00 bits per heavy atom. The molecule has 0 bridgehead atoms. The summed E-state index contributed by atoms with van der Waals surface area (Å²) in [5, 5.41) is 0. The third-order valence-electron chi connectivity index (χ3n) is 3.74. The minimum absolute atomic E-state index is 0.305. The molecule has 2 aromatic carbocycles. The Kier molecular flexibility index (Phi) is 7.80. The molecule has 3 rings (SSSR count). The first-order valence-corrected chi connectivity index (χ1v) is 8.83. The van der Waals surface area contributed by atoms with Gasteiger partial charge in [0, 0.05) is 12.0 Å². The highest BCUT2D eigenvalue weighted by atomic mass is 16.7. The second-order valence-corrected chi connectivity index (χ2v) is 5.55. The molecule has 0 saturated carbocycles. The first-order chi connectivity index (χ1) is 11.8. The number of benzene rings is 2. The van der Waals surface area contributed by atoms with Crippen LogP contribution >= 0.6 is 0 Å². The highest BCUT2D eigenvalue weighted by molar-refractivity contribution is 5.38. The van der Waals surface area contributed by atoms with Crippen LogP contribution in [0.25, 0.3) is 0 Å². The van der Waals surface area contributed by atoms with Crippen LogP contribution in [0.5, 0.6) is 5.75 Å². The van der Waals surface area contributed by atoms with E-state index < -0.39 is 0 Å². The molecule has 3 heteroatoms. The maximum atomic E-state index is 5.99. The zero-order valence-corrected chi connectivity index (χ0v) is 15.0. The second kappa shape index (κ2) is 10.1. The van der Waals surface area contributed by atoms with Crippen LogP contribution < -0.4 is 4.74 Å². The average Bonchev–Trinajstić information content (AvgIpc) is 2.66. The Morgan fingerprint density at radius 2 is 1.71 bits per heavy atom. The quantitative estimate of drug-likeness (QED) is 0.766. The average molecular weight is 328 g/mol. The van der Waals surface area contributed by atoms with Crippen molar-refractivity contribution in [1.82, 2.24) is 0 Å². The van der Waals surface area contributed by atoms with Crippen LogP contribution in [0.15, 0.2) is 48.5 Å². The van der Waals surface area contributed by atoms with Gasteiger partial charge in [0.05, 0.1) is 19.8 Å². The van der Waals surface area contributed by atoms with E-state index in [-0.39, 0.29) is 6.29 Å². The fraction of sp³-hybridized carbons (Fsp3) is 0.429. The predicted molar refractivity (Wildman–Crippen MR) is 97.4 cm³/mol. The monoisotopic (exact) mass is 328 g/mol. The van der Waals surface area contributed by atoms with Crippen molar-refractivity contribution in [3.05, 3.63) is 65.2 Å². The van der Waals surface area contributed by atoms with Crippen LogP contribution in [0.4, 0.5) is 0 Å². The Bertz CT molecular complexity index is 589. The van der Waals surface area contributed by atoms with E-state index in [1.165, 1.54) is 11.1 Å². The van der Waals surface area contributed by atoms with Crippen LogP contribution in [0.1, 0.15) is 43.2 Å². The summed E-state index contributed by atoms with van der Waals surface area (Å²) >= 11 is 0. The second-order valence-electron chi connectivity index (χ2n) is 5.55. The lowest BCUT2D eigenvalue weighted by atomic mass is 10.1. The molecule has 0 aliphatic carbocycles. The van der Waals surface area contributed by atoms with Crippen molar-refractivity contribution in [3.8, 4) is 5.75 Å². The van der Waals surface area contributed by atoms with Gasteiger partial charge in [-0.3, -0.25) is 0 Å². The smallest absolute Gasteiger partial charge is 0.187 e. The van der Waals surface area contributed by atoms with Gasteiger partial charge in [-0.15, -0.1) is 0 Å². The zero-order chi connectivity index (χ0) is 17.2. The van der Waals surface area contributed by atoms with Crippen LogP contribution in [0.2, 0.25) is 0 Å². The third-order valence-corrected chi connectivity index (χ3v) is 3.74. The summed E-state index contributed by atoms with van der Waals surface area (Å²) in [5.74, 6) is 0.855. The lowest BCUT2D eigenvalue weighted by Gasteiger charge is -2.25. The molecule has 0 N–H and O–H groups in total. The minimum atomic E-state index is -0.305. The molecule has 0 amide bonds. The number of aryl methyl sites for hydroxylation is 1. The van der Waals surface area contributed by atoms with E-state index in [4.69, 9.17) is 14.2 Å². The van der Waals surface area contributed by atoms with E-state index in [0.717, 1.165) is 37.4 Å². The summed E-state index contributed by atoms with van der Waals surface area (Å²) in [6.45, 7) is 8.19. The van der Waals surface area contributed by atoms with Gasteiger partial charge < -0.3 is 14.2 Å². The standard InChI is InChI=1S/C19H22O3.C2H6/c1-15-8-9-18(17(14-15)19-21-11-5-12-22-19)20-13-10-16-6-3-2-4-7-16;1-2/h2-4,6-9,14,19H,5,10-13H2,1H3;1-2H3.